The van der Waals surface area contributed by atoms with E-state index in [0.29, 0.717) is 0 Å². The average molecular weight is 223 g/mol. The average Bonchev–Trinajstić information content (AvgIpc) is 2.29. The Bertz CT molecular complexity index is 362. The van der Waals surface area contributed by atoms with E-state index in [-0.39, 0.29) is 5.96 Å². The lowest BCUT2D eigenvalue weighted by molar-refractivity contribution is 0.240. The van der Waals surface area contributed by atoms with Crippen molar-refractivity contribution in [3.63, 3.8) is 0 Å². The van der Waals surface area contributed by atoms with Gasteiger partial charge in [0, 0.05) is 0 Å². The molecule has 6 heteroatoms. The number of benzene rings is 1. The summed E-state index contributed by atoms with van der Waals surface area (Å²) < 4.78 is 0. The van der Waals surface area contributed by atoms with Crippen LogP contribution in [0.2, 0.25) is 0 Å². The van der Waals surface area contributed by atoms with Gasteiger partial charge in [-0.2, -0.15) is 0 Å². The summed E-state index contributed by atoms with van der Waals surface area (Å²) in [5.74, 6) is 0.0807. The molecule has 0 unspecified atom stereocenters. The molecule has 0 spiro atoms. The van der Waals surface area contributed by atoms with Crippen LogP contribution in [-0.4, -0.2) is 24.6 Å². The van der Waals surface area contributed by atoms with Crippen LogP contribution in [0.1, 0.15) is 5.56 Å². The molecule has 1 rings (SSSR count). The molecule has 0 bridgehead atoms. The molecule has 0 saturated heterocycles. The van der Waals surface area contributed by atoms with Crippen molar-refractivity contribution < 1.29 is 5.21 Å². The van der Waals surface area contributed by atoms with Crippen LogP contribution in [0.25, 0.3) is 0 Å². The molecule has 0 radical (unpaired) electrons. The molecule has 0 fully saturated rings. The van der Waals surface area contributed by atoms with E-state index < -0.39 is 0 Å². The van der Waals surface area contributed by atoms with Gasteiger partial charge in [-0.1, -0.05) is 12.1 Å². The van der Waals surface area contributed by atoms with Gasteiger partial charge >= 0.3 is 0 Å². The summed E-state index contributed by atoms with van der Waals surface area (Å²) in [6.07, 6.45) is 1.05. The lowest BCUT2D eigenvalue weighted by Crippen LogP contribution is -2.12. The maximum atomic E-state index is 8.22. The summed E-state index contributed by atoms with van der Waals surface area (Å²) in [5, 5.41) is 8.22. The number of rotatable bonds is 2. The molecule has 0 aromatic heterocycles. The van der Waals surface area contributed by atoms with Crippen LogP contribution in [0.3, 0.4) is 0 Å². The summed E-state index contributed by atoms with van der Waals surface area (Å²) >= 11 is 0. The SMILES string of the molecule is CN.Cc1cccc(N=C(N)/N=C\NO)c1. The lowest BCUT2D eigenvalue weighted by atomic mass is 10.2. The maximum absolute atomic E-state index is 8.22. The highest BCUT2D eigenvalue weighted by Gasteiger charge is 1.91. The Morgan fingerprint density at radius 2 is 2.12 bits per heavy atom. The zero-order valence-electron chi connectivity index (χ0n) is 9.38. The van der Waals surface area contributed by atoms with Crippen LogP contribution in [0, 0.1) is 6.92 Å². The first-order chi connectivity index (χ1) is 7.72. The van der Waals surface area contributed by atoms with Crippen molar-refractivity contribution in [3.05, 3.63) is 29.8 Å². The molecule has 1 aromatic carbocycles. The quantitative estimate of drug-likeness (QED) is 0.333. The number of nitrogens with zero attached hydrogens (tertiary/aromatic N) is 2. The van der Waals surface area contributed by atoms with Gasteiger partial charge in [0.25, 0.3) is 0 Å². The van der Waals surface area contributed by atoms with Crippen molar-refractivity contribution in [2.24, 2.45) is 21.5 Å². The monoisotopic (exact) mass is 223 g/mol. The van der Waals surface area contributed by atoms with Crippen molar-refractivity contribution >= 4 is 18.0 Å². The first kappa shape index (κ1) is 14.1. The standard InChI is InChI=1S/C9H12N4O.CH5N/c1-7-3-2-4-8(5-7)13-9(10)11-6-12-14;1-2/h2-6,14H,1H3,(H3,10,11,12,13);2H2,1H3. The second-order valence-corrected chi connectivity index (χ2v) is 2.70. The fraction of sp³-hybridized carbons (Fsp3) is 0.200. The van der Waals surface area contributed by atoms with E-state index in [1.807, 2.05) is 31.2 Å². The number of nitrogens with one attached hydrogen (secondary N) is 1. The van der Waals surface area contributed by atoms with Crippen molar-refractivity contribution in [2.45, 2.75) is 6.92 Å². The minimum atomic E-state index is 0.0807. The van der Waals surface area contributed by atoms with Gasteiger partial charge in [0.2, 0.25) is 5.96 Å². The second-order valence-electron chi connectivity index (χ2n) is 2.70. The highest BCUT2D eigenvalue weighted by molar-refractivity contribution is 5.87. The van der Waals surface area contributed by atoms with Crippen LogP contribution in [0.4, 0.5) is 5.69 Å². The van der Waals surface area contributed by atoms with Crippen LogP contribution < -0.4 is 16.9 Å². The highest BCUT2D eigenvalue weighted by Crippen LogP contribution is 2.12. The van der Waals surface area contributed by atoms with Crippen molar-refractivity contribution in [3.8, 4) is 0 Å². The summed E-state index contributed by atoms with van der Waals surface area (Å²) in [7, 11) is 1.50. The fourth-order valence-electron chi connectivity index (χ4n) is 0.954. The van der Waals surface area contributed by atoms with Gasteiger partial charge in [0.05, 0.1) is 5.69 Å². The Hall–Kier alpha value is -1.92. The molecular weight excluding hydrogens is 206 g/mol. The molecular formula is C10H17N5O. The molecule has 0 saturated carbocycles. The Morgan fingerprint density at radius 1 is 1.44 bits per heavy atom. The molecule has 88 valence electrons. The van der Waals surface area contributed by atoms with Crippen molar-refractivity contribution in [1.29, 1.82) is 0 Å². The third-order valence-corrected chi connectivity index (χ3v) is 1.50. The van der Waals surface area contributed by atoms with Gasteiger partial charge in [-0.15, -0.1) is 0 Å². The van der Waals surface area contributed by atoms with Gasteiger partial charge in [-0.05, 0) is 31.7 Å². The van der Waals surface area contributed by atoms with Gasteiger partial charge < -0.3 is 11.5 Å². The second kappa shape index (κ2) is 8.39. The molecule has 6 nitrogen and oxygen atoms in total. The van der Waals surface area contributed by atoms with Crippen LogP contribution in [-0.2, 0) is 0 Å². The summed E-state index contributed by atoms with van der Waals surface area (Å²) in [5.41, 5.74) is 13.5. The smallest absolute Gasteiger partial charge is 0.222 e. The summed E-state index contributed by atoms with van der Waals surface area (Å²) in [6, 6.07) is 7.56. The normalized spacial score (nSPS) is 10.9. The molecule has 1 aromatic rings. The van der Waals surface area contributed by atoms with Crippen molar-refractivity contribution in [1.82, 2.24) is 5.48 Å². The minimum Gasteiger partial charge on any atom is -0.368 e. The summed E-state index contributed by atoms with van der Waals surface area (Å²) in [6.45, 7) is 1.97. The van der Waals surface area contributed by atoms with Gasteiger partial charge in [-0.3, -0.25) is 10.7 Å². The summed E-state index contributed by atoms with van der Waals surface area (Å²) in [4.78, 5) is 7.61. The zero-order valence-corrected chi connectivity index (χ0v) is 9.38. The zero-order chi connectivity index (χ0) is 12.4. The first-order valence-corrected chi connectivity index (χ1v) is 4.63. The number of hydroxylamine groups is 1. The third kappa shape index (κ3) is 5.74. The Kier molecular flexibility index (Phi) is 7.39. The highest BCUT2D eigenvalue weighted by atomic mass is 16.5. The van der Waals surface area contributed by atoms with Crippen molar-refractivity contribution in [2.75, 3.05) is 7.05 Å². The predicted octanol–water partition coefficient (Wildman–Crippen LogP) is 0.523. The number of aryl methyl sites for hydroxylation is 1. The molecule has 6 N–H and O–H groups in total. The van der Waals surface area contributed by atoms with E-state index in [1.54, 1.807) is 5.48 Å². The third-order valence-electron chi connectivity index (χ3n) is 1.50. The number of aliphatic imine (C=N–C) groups is 2. The van der Waals surface area contributed by atoms with E-state index in [0.717, 1.165) is 17.6 Å². The number of hydrogen-bond acceptors (Lipinski definition) is 3. The van der Waals surface area contributed by atoms with E-state index in [1.165, 1.54) is 7.05 Å². The van der Waals surface area contributed by atoms with E-state index in [9.17, 15) is 0 Å². The van der Waals surface area contributed by atoms with E-state index >= 15 is 0 Å². The maximum Gasteiger partial charge on any atom is 0.222 e. The van der Waals surface area contributed by atoms with Crippen LogP contribution in [0.5, 0.6) is 0 Å². The Labute approximate surface area is 94.7 Å². The Balaban J connectivity index is 0.00000106. The lowest BCUT2D eigenvalue weighted by Gasteiger charge is -1.96. The molecule has 0 aliphatic rings. The van der Waals surface area contributed by atoms with Crippen LogP contribution >= 0.6 is 0 Å². The molecule has 0 amide bonds. The van der Waals surface area contributed by atoms with Crippen LogP contribution in [0.15, 0.2) is 34.3 Å². The topological polar surface area (TPSA) is 109 Å². The number of guanidine groups is 1. The predicted molar refractivity (Wildman–Crippen MR) is 66.0 cm³/mol. The number of hydrogen-bond donors (Lipinski definition) is 4. The first-order valence-electron chi connectivity index (χ1n) is 4.63. The molecule has 0 atom stereocenters. The van der Waals surface area contributed by atoms with Gasteiger partial charge in [0.15, 0.2) is 0 Å². The molecule has 0 aliphatic carbocycles. The van der Waals surface area contributed by atoms with Gasteiger partial charge in [-0.25, -0.2) is 9.98 Å². The number of nitrogens with two attached hydrogens (primary N) is 2. The van der Waals surface area contributed by atoms with E-state index in [4.69, 9.17) is 10.9 Å². The largest absolute Gasteiger partial charge is 0.368 e. The van der Waals surface area contributed by atoms with Gasteiger partial charge in [0.1, 0.15) is 6.34 Å². The Morgan fingerprint density at radius 3 is 2.69 bits per heavy atom. The molecule has 16 heavy (non-hydrogen) atoms. The minimum absolute atomic E-state index is 0.0807. The molecule has 0 aliphatic heterocycles. The molecule has 0 heterocycles. The fourth-order valence-corrected chi connectivity index (χ4v) is 0.954. The van der Waals surface area contributed by atoms with E-state index in [2.05, 4.69) is 15.7 Å².